The number of carbonyl (C=O) groups excluding carboxylic acids is 1. The summed E-state index contributed by atoms with van der Waals surface area (Å²) in [6.07, 6.45) is 1.79. The maximum absolute atomic E-state index is 12.4. The minimum absolute atomic E-state index is 0.196. The van der Waals surface area contributed by atoms with Crippen molar-refractivity contribution in [3.63, 3.8) is 0 Å². The normalized spacial score (nSPS) is 15.7. The van der Waals surface area contributed by atoms with Crippen LogP contribution in [0, 0.1) is 6.92 Å². The summed E-state index contributed by atoms with van der Waals surface area (Å²) in [5, 5.41) is 4.42. The van der Waals surface area contributed by atoms with E-state index in [0.717, 1.165) is 16.8 Å². The van der Waals surface area contributed by atoms with E-state index in [9.17, 15) is 4.79 Å². The average molecular weight is 499 g/mol. The molecule has 0 aliphatic carbocycles. The van der Waals surface area contributed by atoms with Gasteiger partial charge in [-0.25, -0.2) is 4.99 Å². The second-order valence-electron chi connectivity index (χ2n) is 7.22. The third-order valence-electron chi connectivity index (χ3n) is 4.83. The molecule has 3 aromatic carbocycles. The summed E-state index contributed by atoms with van der Waals surface area (Å²) >= 11 is 13.7. The number of benzene rings is 3. The van der Waals surface area contributed by atoms with E-state index in [1.165, 1.54) is 11.8 Å². The summed E-state index contributed by atoms with van der Waals surface area (Å²) in [6, 6.07) is 18.5. The van der Waals surface area contributed by atoms with Crippen LogP contribution in [-0.4, -0.2) is 18.2 Å². The van der Waals surface area contributed by atoms with Crippen molar-refractivity contribution >= 4 is 57.8 Å². The van der Waals surface area contributed by atoms with Gasteiger partial charge in [0, 0.05) is 15.6 Å². The number of amides is 1. The van der Waals surface area contributed by atoms with E-state index >= 15 is 0 Å². The number of nitrogens with one attached hydrogen (secondary N) is 1. The van der Waals surface area contributed by atoms with Gasteiger partial charge in [0.2, 0.25) is 0 Å². The number of aliphatic imine (C=N–C) groups is 1. The molecule has 5 nitrogen and oxygen atoms in total. The van der Waals surface area contributed by atoms with Gasteiger partial charge in [0.1, 0.15) is 6.61 Å². The molecule has 8 heteroatoms. The number of carbonyl (C=O) groups is 1. The number of aryl methyl sites for hydroxylation is 1. The van der Waals surface area contributed by atoms with E-state index in [1.807, 2.05) is 37.3 Å². The van der Waals surface area contributed by atoms with Crippen molar-refractivity contribution in [2.75, 3.05) is 7.11 Å². The van der Waals surface area contributed by atoms with Crippen molar-refractivity contribution in [3.05, 3.63) is 92.3 Å². The van der Waals surface area contributed by atoms with E-state index in [0.29, 0.717) is 37.2 Å². The fourth-order valence-corrected chi connectivity index (χ4v) is 4.43. The summed E-state index contributed by atoms with van der Waals surface area (Å²) in [4.78, 5) is 17.5. The van der Waals surface area contributed by atoms with Crippen molar-refractivity contribution in [1.82, 2.24) is 5.32 Å². The van der Waals surface area contributed by atoms with Crippen molar-refractivity contribution in [3.8, 4) is 11.5 Å². The highest BCUT2D eigenvalue weighted by Gasteiger charge is 2.24. The van der Waals surface area contributed by atoms with E-state index in [4.69, 9.17) is 32.7 Å². The van der Waals surface area contributed by atoms with Crippen molar-refractivity contribution in [1.29, 1.82) is 0 Å². The van der Waals surface area contributed by atoms with Gasteiger partial charge in [-0.15, -0.1) is 0 Å². The lowest BCUT2D eigenvalue weighted by Crippen LogP contribution is -2.19. The second-order valence-corrected chi connectivity index (χ2v) is 9.06. The zero-order valence-corrected chi connectivity index (χ0v) is 20.2. The molecule has 1 heterocycles. The quantitative estimate of drug-likeness (QED) is 0.380. The van der Waals surface area contributed by atoms with Crippen LogP contribution in [0.1, 0.15) is 16.7 Å². The summed E-state index contributed by atoms with van der Waals surface area (Å²) in [5.41, 5.74) is 3.43. The number of methoxy groups -OCH3 is 1. The number of amidine groups is 1. The lowest BCUT2D eigenvalue weighted by Gasteiger charge is -2.13. The molecular weight excluding hydrogens is 479 g/mol. The van der Waals surface area contributed by atoms with Gasteiger partial charge in [0.25, 0.3) is 5.91 Å². The molecule has 0 atom stereocenters. The van der Waals surface area contributed by atoms with Crippen molar-refractivity contribution in [2.24, 2.45) is 4.99 Å². The molecule has 0 radical (unpaired) electrons. The molecule has 33 heavy (non-hydrogen) atoms. The maximum Gasteiger partial charge on any atom is 0.264 e. The third-order valence-corrected chi connectivity index (χ3v) is 6.45. The molecule has 1 aliphatic rings. The lowest BCUT2D eigenvalue weighted by atomic mass is 10.2. The fourth-order valence-electron chi connectivity index (χ4n) is 3.08. The van der Waals surface area contributed by atoms with Crippen LogP contribution in [0.15, 0.2) is 70.6 Å². The number of hydrogen-bond acceptors (Lipinski definition) is 5. The Morgan fingerprint density at radius 2 is 1.76 bits per heavy atom. The molecule has 0 aromatic heterocycles. The molecule has 1 fully saturated rings. The summed E-state index contributed by atoms with van der Waals surface area (Å²) in [5.74, 6) is 0.878. The lowest BCUT2D eigenvalue weighted by molar-refractivity contribution is -0.115. The van der Waals surface area contributed by atoms with Crippen LogP contribution in [0.2, 0.25) is 10.0 Å². The van der Waals surface area contributed by atoms with Crippen LogP contribution in [-0.2, 0) is 11.4 Å². The second kappa shape index (κ2) is 10.3. The number of ether oxygens (including phenoxy) is 2. The van der Waals surface area contributed by atoms with E-state index < -0.39 is 0 Å². The topological polar surface area (TPSA) is 59.9 Å². The number of nitrogens with zero attached hydrogens (tertiary/aromatic N) is 1. The maximum atomic E-state index is 12.4. The van der Waals surface area contributed by atoms with Gasteiger partial charge in [0.05, 0.1) is 17.7 Å². The first-order valence-corrected chi connectivity index (χ1v) is 11.6. The number of halogens is 2. The summed E-state index contributed by atoms with van der Waals surface area (Å²) < 4.78 is 11.4. The van der Waals surface area contributed by atoms with Gasteiger partial charge in [-0.2, -0.15) is 0 Å². The zero-order chi connectivity index (χ0) is 23.4. The third kappa shape index (κ3) is 5.71. The van der Waals surface area contributed by atoms with E-state index in [2.05, 4.69) is 10.3 Å². The van der Waals surface area contributed by atoms with E-state index in [1.54, 1.807) is 43.5 Å². The molecule has 0 unspecified atom stereocenters. The Kier molecular flexibility index (Phi) is 7.28. The molecule has 0 spiro atoms. The predicted octanol–water partition coefficient (Wildman–Crippen LogP) is 6.78. The smallest absolute Gasteiger partial charge is 0.264 e. The Morgan fingerprint density at radius 1 is 1.03 bits per heavy atom. The minimum Gasteiger partial charge on any atom is -0.493 e. The van der Waals surface area contributed by atoms with Crippen LogP contribution in [0.3, 0.4) is 0 Å². The standard InChI is InChI=1S/C25H20Cl2N2O3S/c1-15-6-9-17(10-7-15)28-25-29-24(30)23(33-25)13-16-8-11-21(22(12-16)31-2)32-14-18-19(26)4-3-5-20(18)27/h3-13H,14H2,1-2H3,(H,28,29,30)/b23-13-. The zero-order valence-electron chi connectivity index (χ0n) is 17.9. The highest BCUT2D eigenvalue weighted by atomic mass is 35.5. The van der Waals surface area contributed by atoms with Crippen molar-refractivity contribution in [2.45, 2.75) is 13.5 Å². The van der Waals surface area contributed by atoms with Crippen LogP contribution in [0.25, 0.3) is 6.08 Å². The average Bonchev–Trinajstić information content (AvgIpc) is 3.14. The highest BCUT2D eigenvalue weighted by molar-refractivity contribution is 8.18. The van der Waals surface area contributed by atoms with Gasteiger partial charge in [-0.05, 0) is 66.7 Å². The molecule has 1 N–H and O–H groups in total. The Balaban J connectivity index is 1.50. The van der Waals surface area contributed by atoms with E-state index in [-0.39, 0.29) is 12.5 Å². The minimum atomic E-state index is -0.196. The first-order valence-electron chi connectivity index (χ1n) is 10.0. The summed E-state index contributed by atoms with van der Waals surface area (Å²) in [6.45, 7) is 2.22. The number of thioether (sulfide) groups is 1. The molecule has 0 bridgehead atoms. The Morgan fingerprint density at radius 3 is 2.45 bits per heavy atom. The van der Waals surface area contributed by atoms with Crippen LogP contribution in [0.4, 0.5) is 5.69 Å². The van der Waals surface area contributed by atoms with Gasteiger partial charge >= 0.3 is 0 Å². The van der Waals surface area contributed by atoms with Gasteiger partial charge in [-0.1, -0.05) is 53.0 Å². The van der Waals surface area contributed by atoms with Crippen LogP contribution >= 0.6 is 35.0 Å². The Hall–Kier alpha value is -2.93. The first-order chi connectivity index (χ1) is 15.9. The molecule has 1 saturated heterocycles. The van der Waals surface area contributed by atoms with Crippen LogP contribution < -0.4 is 14.8 Å². The first kappa shape index (κ1) is 23.2. The molecule has 0 saturated carbocycles. The Bertz CT molecular complexity index is 1240. The number of hydrogen-bond donors (Lipinski definition) is 1. The Labute approximate surface area is 206 Å². The predicted molar refractivity (Wildman–Crippen MR) is 136 cm³/mol. The van der Waals surface area contributed by atoms with Gasteiger partial charge < -0.3 is 14.8 Å². The SMILES string of the molecule is COc1cc(/C=C2\SC(=Nc3ccc(C)cc3)NC2=O)ccc1OCc1c(Cl)cccc1Cl. The van der Waals surface area contributed by atoms with Gasteiger partial charge in [-0.3, -0.25) is 4.79 Å². The van der Waals surface area contributed by atoms with Crippen LogP contribution in [0.5, 0.6) is 11.5 Å². The summed E-state index contributed by atoms with van der Waals surface area (Å²) in [7, 11) is 1.56. The molecule has 168 valence electrons. The molecule has 3 aromatic rings. The molecular formula is C25H20Cl2N2O3S. The van der Waals surface area contributed by atoms with Gasteiger partial charge in [0.15, 0.2) is 16.7 Å². The monoisotopic (exact) mass is 498 g/mol. The fraction of sp³-hybridized carbons (Fsp3) is 0.120. The molecule has 1 aliphatic heterocycles. The van der Waals surface area contributed by atoms with Crippen molar-refractivity contribution < 1.29 is 14.3 Å². The largest absolute Gasteiger partial charge is 0.493 e. The number of rotatable bonds is 6. The molecule has 4 rings (SSSR count). The highest BCUT2D eigenvalue weighted by Crippen LogP contribution is 2.34. The molecule has 1 amide bonds.